The van der Waals surface area contributed by atoms with Crippen LogP contribution in [0, 0.1) is 19.7 Å². The number of benzene rings is 2. The van der Waals surface area contributed by atoms with Crippen LogP contribution < -0.4 is 5.32 Å². The molecule has 5 nitrogen and oxygen atoms in total. The number of morpholine rings is 1. The van der Waals surface area contributed by atoms with E-state index in [1.807, 2.05) is 31.2 Å². The topological polar surface area (TPSA) is 54.5 Å². The smallest absolute Gasteiger partial charge is 0.224 e. The largest absolute Gasteiger partial charge is 0.379 e. The molecule has 1 atom stereocenters. The predicted octanol–water partition coefficient (Wildman–Crippen LogP) is 3.72. The molecule has 2 heterocycles. The van der Waals surface area contributed by atoms with E-state index in [4.69, 9.17) is 4.74 Å². The lowest BCUT2D eigenvalue weighted by atomic mass is 9.99. The molecule has 2 aromatic carbocycles. The molecule has 3 aromatic rings. The Bertz CT molecular complexity index is 1060. The fourth-order valence-electron chi connectivity index (χ4n) is 4.30. The summed E-state index contributed by atoms with van der Waals surface area (Å²) >= 11 is 0. The minimum Gasteiger partial charge on any atom is -0.379 e. The van der Waals surface area contributed by atoms with Gasteiger partial charge >= 0.3 is 0 Å². The first-order valence-corrected chi connectivity index (χ1v) is 10.7. The molecule has 1 aliphatic heterocycles. The number of amides is 1. The molecule has 6 heteroatoms. The first-order chi connectivity index (χ1) is 15.0. The van der Waals surface area contributed by atoms with Crippen molar-refractivity contribution in [3.05, 3.63) is 76.7 Å². The molecule has 0 aliphatic carbocycles. The Hall–Kier alpha value is -2.83. The van der Waals surface area contributed by atoms with E-state index in [1.165, 1.54) is 12.1 Å². The number of hydrogen-bond donors (Lipinski definition) is 1. The number of aryl methyl sites for hydroxylation is 2. The lowest BCUT2D eigenvalue weighted by molar-refractivity contribution is -0.120. The number of halogens is 1. The zero-order valence-corrected chi connectivity index (χ0v) is 18.0. The molecule has 1 saturated heterocycles. The zero-order chi connectivity index (χ0) is 21.8. The van der Waals surface area contributed by atoms with Crippen LogP contribution in [-0.4, -0.2) is 48.6 Å². The van der Waals surface area contributed by atoms with Gasteiger partial charge in [-0.3, -0.25) is 14.7 Å². The van der Waals surface area contributed by atoms with Gasteiger partial charge in [0.2, 0.25) is 5.91 Å². The van der Waals surface area contributed by atoms with E-state index in [9.17, 15) is 9.18 Å². The molecular weight excluding hydrogens is 393 g/mol. The van der Waals surface area contributed by atoms with Crippen LogP contribution in [0.3, 0.4) is 0 Å². The first-order valence-electron chi connectivity index (χ1n) is 10.7. The summed E-state index contributed by atoms with van der Waals surface area (Å²) < 4.78 is 18.9. The van der Waals surface area contributed by atoms with Crippen LogP contribution >= 0.6 is 0 Å². The van der Waals surface area contributed by atoms with Crippen molar-refractivity contribution < 1.29 is 13.9 Å². The highest BCUT2D eigenvalue weighted by atomic mass is 19.1. The van der Waals surface area contributed by atoms with Crippen LogP contribution in [0.25, 0.3) is 10.9 Å². The molecule has 162 valence electrons. The number of para-hydroxylation sites is 1. The van der Waals surface area contributed by atoms with Crippen molar-refractivity contribution in [3.63, 3.8) is 0 Å². The van der Waals surface area contributed by atoms with Crippen LogP contribution in [0.4, 0.5) is 4.39 Å². The van der Waals surface area contributed by atoms with Crippen molar-refractivity contribution in [1.82, 2.24) is 15.2 Å². The summed E-state index contributed by atoms with van der Waals surface area (Å²) in [6, 6.07) is 14.5. The second-order valence-electron chi connectivity index (χ2n) is 8.01. The number of pyridine rings is 1. The maximum absolute atomic E-state index is 13.4. The Balaban J connectivity index is 1.49. The van der Waals surface area contributed by atoms with Crippen molar-refractivity contribution in [2.75, 3.05) is 32.8 Å². The van der Waals surface area contributed by atoms with Crippen LogP contribution in [0.5, 0.6) is 0 Å². The summed E-state index contributed by atoms with van der Waals surface area (Å²) in [6.45, 7) is 7.35. The standard InChI is InChI=1S/C25H28FN3O2/c1-17-21-5-3-4-6-23(21)28-18(2)22(17)15-25(30)27-16-24(29-11-13-31-14-12-29)19-7-9-20(26)10-8-19/h3-10,24H,11-16H2,1-2H3,(H,27,30). The molecule has 4 rings (SSSR count). The normalized spacial score (nSPS) is 15.7. The van der Waals surface area contributed by atoms with E-state index in [2.05, 4.69) is 22.1 Å². The van der Waals surface area contributed by atoms with Gasteiger partial charge in [-0.15, -0.1) is 0 Å². The number of fused-ring (bicyclic) bond motifs is 1. The minimum absolute atomic E-state index is 0.0228. The van der Waals surface area contributed by atoms with Gasteiger partial charge in [-0.05, 0) is 48.7 Å². The lowest BCUT2D eigenvalue weighted by Gasteiger charge is -2.35. The van der Waals surface area contributed by atoms with Crippen molar-refractivity contribution in [1.29, 1.82) is 0 Å². The summed E-state index contributed by atoms with van der Waals surface area (Å²) in [4.78, 5) is 19.8. The van der Waals surface area contributed by atoms with Gasteiger partial charge in [0.25, 0.3) is 0 Å². The maximum atomic E-state index is 13.4. The van der Waals surface area contributed by atoms with Crippen LogP contribution in [0.2, 0.25) is 0 Å². The third-order valence-corrected chi connectivity index (χ3v) is 6.06. The van der Waals surface area contributed by atoms with Gasteiger partial charge in [-0.2, -0.15) is 0 Å². The molecular formula is C25H28FN3O2. The molecule has 1 aromatic heterocycles. The van der Waals surface area contributed by atoms with Crippen LogP contribution in [0.1, 0.15) is 28.4 Å². The van der Waals surface area contributed by atoms with Gasteiger partial charge in [0, 0.05) is 30.7 Å². The summed E-state index contributed by atoms with van der Waals surface area (Å²) in [7, 11) is 0. The SMILES string of the molecule is Cc1nc2ccccc2c(C)c1CC(=O)NCC(c1ccc(F)cc1)N1CCOCC1. The first kappa shape index (κ1) is 21.4. The Morgan fingerprint density at radius 2 is 1.84 bits per heavy atom. The van der Waals surface area contributed by atoms with Crippen LogP contribution in [-0.2, 0) is 16.0 Å². The molecule has 0 spiro atoms. The number of carbonyl (C=O) groups excluding carboxylic acids is 1. The van der Waals surface area contributed by atoms with E-state index in [0.717, 1.165) is 46.4 Å². The van der Waals surface area contributed by atoms with Gasteiger partial charge in [0.15, 0.2) is 0 Å². The molecule has 0 radical (unpaired) electrons. The van der Waals surface area contributed by atoms with Gasteiger partial charge in [0.1, 0.15) is 5.82 Å². The molecule has 1 unspecified atom stereocenters. The second kappa shape index (κ2) is 9.54. The molecule has 1 amide bonds. The van der Waals surface area contributed by atoms with E-state index < -0.39 is 0 Å². The van der Waals surface area contributed by atoms with E-state index >= 15 is 0 Å². The van der Waals surface area contributed by atoms with Crippen molar-refractivity contribution in [3.8, 4) is 0 Å². The average molecular weight is 422 g/mol. The summed E-state index contributed by atoms with van der Waals surface area (Å²) in [6.07, 6.45) is 0.286. The molecule has 0 saturated carbocycles. The zero-order valence-electron chi connectivity index (χ0n) is 18.0. The lowest BCUT2D eigenvalue weighted by Crippen LogP contribution is -2.44. The van der Waals surface area contributed by atoms with Crippen LogP contribution in [0.15, 0.2) is 48.5 Å². The third-order valence-electron chi connectivity index (χ3n) is 6.06. The fourth-order valence-corrected chi connectivity index (χ4v) is 4.30. The fraction of sp³-hybridized carbons (Fsp3) is 0.360. The highest BCUT2D eigenvalue weighted by Gasteiger charge is 2.23. The Morgan fingerprint density at radius 1 is 1.13 bits per heavy atom. The van der Waals surface area contributed by atoms with E-state index in [0.29, 0.717) is 19.8 Å². The summed E-state index contributed by atoms with van der Waals surface area (Å²) in [5.74, 6) is -0.299. The number of ether oxygens (including phenoxy) is 1. The molecule has 31 heavy (non-hydrogen) atoms. The van der Waals surface area contributed by atoms with Gasteiger partial charge in [0.05, 0.1) is 31.2 Å². The summed E-state index contributed by atoms with van der Waals surface area (Å²) in [5.41, 5.74) is 4.89. The molecule has 0 bridgehead atoms. The average Bonchev–Trinajstić information content (AvgIpc) is 2.78. The number of nitrogens with one attached hydrogen (secondary N) is 1. The van der Waals surface area contributed by atoms with E-state index in [1.54, 1.807) is 12.1 Å². The van der Waals surface area contributed by atoms with E-state index in [-0.39, 0.29) is 24.2 Å². The molecule has 1 aliphatic rings. The van der Waals surface area contributed by atoms with Crippen molar-refractivity contribution >= 4 is 16.8 Å². The Kier molecular flexibility index (Phi) is 6.59. The molecule has 1 fully saturated rings. The summed E-state index contributed by atoms with van der Waals surface area (Å²) in [5, 5.41) is 4.18. The highest BCUT2D eigenvalue weighted by molar-refractivity contribution is 5.86. The predicted molar refractivity (Wildman–Crippen MR) is 119 cm³/mol. The maximum Gasteiger partial charge on any atom is 0.224 e. The number of aromatic nitrogens is 1. The number of nitrogens with zero attached hydrogens (tertiary/aromatic N) is 2. The third kappa shape index (κ3) is 4.92. The van der Waals surface area contributed by atoms with Gasteiger partial charge < -0.3 is 10.1 Å². The quantitative estimate of drug-likeness (QED) is 0.659. The van der Waals surface area contributed by atoms with Gasteiger partial charge in [-0.1, -0.05) is 30.3 Å². The van der Waals surface area contributed by atoms with Crippen molar-refractivity contribution in [2.45, 2.75) is 26.3 Å². The van der Waals surface area contributed by atoms with Crippen molar-refractivity contribution in [2.24, 2.45) is 0 Å². The monoisotopic (exact) mass is 421 g/mol. The molecule has 1 N–H and O–H groups in total. The number of hydrogen-bond acceptors (Lipinski definition) is 4. The minimum atomic E-state index is -0.261. The van der Waals surface area contributed by atoms with Gasteiger partial charge in [-0.25, -0.2) is 4.39 Å². The second-order valence-corrected chi connectivity index (χ2v) is 8.01. The Morgan fingerprint density at radius 3 is 2.58 bits per heavy atom. The number of rotatable bonds is 6. The highest BCUT2D eigenvalue weighted by Crippen LogP contribution is 2.24. The Labute approximate surface area is 182 Å². The number of carbonyl (C=O) groups is 1.